The van der Waals surface area contributed by atoms with Crippen LogP contribution in [0.2, 0.25) is 0 Å². The zero-order chi connectivity index (χ0) is 22.3. The first-order valence-electron chi connectivity index (χ1n) is 9.17. The van der Waals surface area contributed by atoms with E-state index in [-0.39, 0.29) is 47.3 Å². The van der Waals surface area contributed by atoms with Crippen molar-refractivity contribution in [3.63, 3.8) is 0 Å². The van der Waals surface area contributed by atoms with Gasteiger partial charge in [-0.1, -0.05) is 5.16 Å². The van der Waals surface area contributed by atoms with E-state index in [0.29, 0.717) is 24.6 Å². The van der Waals surface area contributed by atoms with E-state index in [2.05, 4.69) is 25.5 Å². The highest BCUT2D eigenvalue weighted by Gasteiger charge is 2.26. The van der Waals surface area contributed by atoms with Gasteiger partial charge in [-0.25, -0.2) is 13.1 Å². The molecule has 0 aliphatic carbocycles. The Balaban J connectivity index is 2.09. The number of hydrogen-bond acceptors (Lipinski definition) is 9. The topological polar surface area (TPSA) is 169 Å². The maximum Gasteiger partial charge on any atom is 0.296 e. The largest absolute Gasteiger partial charge is 0.379 e. The molecule has 164 valence electrons. The number of nitro benzene ring substituents is 1. The molecule has 2 aromatic rings. The number of nitrogens with zero attached hydrogens (tertiary/aromatic N) is 3. The summed E-state index contributed by atoms with van der Waals surface area (Å²) in [6.45, 7) is 3.32. The van der Waals surface area contributed by atoms with Gasteiger partial charge in [-0.05, 0) is 32.4 Å². The van der Waals surface area contributed by atoms with Gasteiger partial charge < -0.3 is 15.2 Å². The van der Waals surface area contributed by atoms with E-state index in [1.807, 2.05) is 0 Å². The minimum atomic E-state index is -3.96. The number of rotatable bonds is 11. The first kappa shape index (κ1) is 23.2. The summed E-state index contributed by atoms with van der Waals surface area (Å²) >= 11 is 0. The lowest BCUT2D eigenvalue weighted by Gasteiger charge is -2.13. The van der Waals surface area contributed by atoms with E-state index in [9.17, 15) is 23.3 Å². The molecule has 13 heteroatoms. The predicted octanol–water partition coefficient (Wildman–Crippen LogP) is 1.05. The van der Waals surface area contributed by atoms with Crippen molar-refractivity contribution in [1.82, 2.24) is 20.2 Å². The Morgan fingerprint density at radius 1 is 1.27 bits per heavy atom. The molecule has 1 aromatic carbocycles. The summed E-state index contributed by atoms with van der Waals surface area (Å²) in [4.78, 5) is 26.1. The fourth-order valence-corrected chi connectivity index (χ4v) is 4.07. The van der Waals surface area contributed by atoms with Gasteiger partial charge in [-0.15, -0.1) is 0 Å². The first-order chi connectivity index (χ1) is 14.2. The van der Waals surface area contributed by atoms with E-state index in [1.54, 1.807) is 6.92 Å². The molecule has 0 radical (unpaired) electrons. The number of nitro groups is 1. The average molecular weight is 440 g/mol. The van der Waals surface area contributed by atoms with Crippen LogP contribution in [-0.4, -0.2) is 49.5 Å². The third kappa shape index (κ3) is 5.97. The number of anilines is 1. The molecule has 0 atom stereocenters. The van der Waals surface area contributed by atoms with Crippen molar-refractivity contribution in [1.29, 1.82) is 0 Å². The molecule has 2 rings (SSSR count). The molecule has 30 heavy (non-hydrogen) atoms. The van der Waals surface area contributed by atoms with Crippen molar-refractivity contribution in [3.8, 4) is 0 Å². The van der Waals surface area contributed by atoms with Crippen molar-refractivity contribution in [2.24, 2.45) is 0 Å². The highest BCUT2D eigenvalue weighted by molar-refractivity contribution is 7.89. The third-order valence-corrected chi connectivity index (χ3v) is 5.83. The van der Waals surface area contributed by atoms with Crippen LogP contribution in [-0.2, 0) is 21.2 Å². The summed E-state index contributed by atoms with van der Waals surface area (Å²) in [5.41, 5.74) is -0.201. The van der Waals surface area contributed by atoms with Gasteiger partial charge in [-0.2, -0.15) is 4.98 Å². The Bertz CT molecular complexity index is 1020. The minimum Gasteiger partial charge on any atom is -0.379 e. The minimum absolute atomic E-state index is 0.00460. The zero-order valence-corrected chi connectivity index (χ0v) is 17.7. The fraction of sp³-hybridized carbons (Fsp3) is 0.471. The molecular formula is C17H24N6O6S. The van der Waals surface area contributed by atoms with Crippen molar-refractivity contribution in [2.75, 3.05) is 25.5 Å². The second kappa shape index (κ2) is 10.1. The smallest absolute Gasteiger partial charge is 0.296 e. The maximum absolute atomic E-state index is 12.6. The number of amides is 1. The van der Waals surface area contributed by atoms with E-state index in [4.69, 9.17) is 4.52 Å². The number of carbonyl (C=O) groups is 1. The summed E-state index contributed by atoms with van der Waals surface area (Å²) in [5, 5.41) is 20.5. The van der Waals surface area contributed by atoms with E-state index >= 15 is 0 Å². The molecule has 0 saturated carbocycles. The number of hydrogen-bond donors (Lipinski definition) is 3. The monoisotopic (exact) mass is 440 g/mol. The van der Waals surface area contributed by atoms with Crippen molar-refractivity contribution < 1.29 is 22.7 Å². The summed E-state index contributed by atoms with van der Waals surface area (Å²) in [7, 11) is -2.47. The Kier molecular flexibility index (Phi) is 7.83. The van der Waals surface area contributed by atoms with Gasteiger partial charge >= 0.3 is 0 Å². The van der Waals surface area contributed by atoms with Crippen molar-refractivity contribution in [3.05, 3.63) is 39.5 Å². The van der Waals surface area contributed by atoms with Gasteiger partial charge in [0.1, 0.15) is 5.69 Å². The number of carbonyl (C=O) groups excluding carboxylic acids is 1. The second-order valence-corrected chi connectivity index (χ2v) is 8.16. The summed E-state index contributed by atoms with van der Waals surface area (Å²) < 4.78 is 32.7. The molecular weight excluding hydrogens is 416 g/mol. The van der Waals surface area contributed by atoms with Crippen LogP contribution in [0.3, 0.4) is 0 Å². The van der Waals surface area contributed by atoms with Crippen LogP contribution in [0, 0.1) is 24.0 Å². The van der Waals surface area contributed by atoms with Crippen LogP contribution in [0.5, 0.6) is 0 Å². The highest BCUT2D eigenvalue weighted by atomic mass is 32.2. The summed E-state index contributed by atoms with van der Waals surface area (Å²) in [6, 6.07) is 2.62. The second-order valence-electron chi connectivity index (χ2n) is 6.43. The van der Waals surface area contributed by atoms with Gasteiger partial charge in [-0.3, -0.25) is 14.9 Å². The van der Waals surface area contributed by atoms with Gasteiger partial charge in [0.2, 0.25) is 21.8 Å². The van der Waals surface area contributed by atoms with Crippen LogP contribution in [0.25, 0.3) is 0 Å². The Morgan fingerprint density at radius 3 is 2.60 bits per heavy atom. The molecule has 0 bridgehead atoms. The summed E-state index contributed by atoms with van der Waals surface area (Å²) in [5.74, 6) is 0.684. The molecule has 0 aliphatic heterocycles. The third-order valence-electron chi connectivity index (χ3n) is 4.23. The normalized spacial score (nSPS) is 11.3. The van der Waals surface area contributed by atoms with Crippen LogP contribution in [0.4, 0.5) is 11.4 Å². The standard InChI is InChI=1S/C17H24N6O6S/c1-11-14(30(27,28)20-9-4-5-16-21-12(2)22-29-16)7-6-13(17(11)23(25)26)19-10-8-15(24)18-3/h6-7,19-20H,4-5,8-10H2,1-3H3,(H,18,24). The summed E-state index contributed by atoms with van der Waals surface area (Å²) in [6.07, 6.45) is 0.936. The molecule has 3 N–H and O–H groups in total. The number of nitrogens with one attached hydrogen (secondary N) is 3. The predicted molar refractivity (Wildman–Crippen MR) is 108 cm³/mol. The van der Waals surface area contributed by atoms with Crippen LogP contribution in [0.15, 0.2) is 21.6 Å². The first-order valence-corrected chi connectivity index (χ1v) is 10.7. The molecule has 0 unspecified atom stereocenters. The molecule has 0 saturated heterocycles. The van der Waals surface area contributed by atoms with Gasteiger partial charge in [0.15, 0.2) is 5.82 Å². The van der Waals surface area contributed by atoms with Crippen LogP contribution < -0.4 is 15.4 Å². The number of aryl methyl sites for hydroxylation is 2. The number of benzene rings is 1. The SMILES string of the molecule is CNC(=O)CCNc1ccc(S(=O)(=O)NCCCc2nc(C)no2)c(C)c1[N+](=O)[O-]. The quantitative estimate of drug-likeness (QED) is 0.262. The van der Waals surface area contributed by atoms with Gasteiger partial charge in [0.25, 0.3) is 5.69 Å². The maximum atomic E-state index is 12.6. The number of aromatic nitrogens is 2. The molecule has 0 fully saturated rings. The van der Waals surface area contributed by atoms with Crippen molar-refractivity contribution >= 4 is 27.3 Å². The van der Waals surface area contributed by atoms with Crippen LogP contribution in [0.1, 0.15) is 30.1 Å². The lowest BCUT2D eigenvalue weighted by molar-refractivity contribution is -0.384. The highest BCUT2D eigenvalue weighted by Crippen LogP contribution is 2.32. The molecule has 12 nitrogen and oxygen atoms in total. The number of sulfonamides is 1. The molecule has 1 amide bonds. The van der Waals surface area contributed by atoms with Crippen LogP contribution >= 0.6 is 0 Å². The fourth-order valence-electron chi connectivity index (χ4n) is 2.75. The average Bonchev–Trinajstić information content (AvgIpc) is 3.09. The molecule has 1 heterocycles. The Hall–Kier alpha value is -3.06. The molecule has 1 aromatic heterocycles. The van der Waals surface area contributed by atoms with Crippen molar-refractivity contribution in [2.45, 2.75) is 38.0 Å². The van der Waals surface area contributed by atoms with E-state index < -0.39 is 14.9 Å². The van der Waals surface area contributed by atoms with E-state index in [1.165, 1.54) is 26.1 Å². The van der Waals surface area contributed by atoms with E-state index in [0.717, 1.165) is 0 Å². The van der Waals surface area contributed by atoms with Gasteiger partial charge in [0.05, 0.1) is 9.82 Å². The Labute approximate surface area is 173 Å². The molecule has 0 aliphatic rings. The molecule has 0 spiro atoms. The zero-order valence-electron chi connectivity index (χ0n) is 16.9. The van der Waals surface area contributed by atoms with Gasteiger partial charge in [0, 0.05) is 38.5 Å². The Morgan fingerprint density at radius 2 is 2.00 bits per heavy atom. The lowest BCUT2D eigenvalue weighted by atomic mass is 10.1. The lowest BCUT2D eigenvalue weighted by Crippen LogP contribution is -2.26.